The lowest BCUT2D eigenvalue weighted by molar-refractivity contribution is 1.29. The van der Waals surface area contributed by atoms with Crippen molar-refractivity contribution in [3.8, 4) is 0 Å². The highest BCUT2D eigenvalue weighted by atomic mass is 79.9. The van der Waals surface area contributed by atoms with Gasteiger partial charge in [0.25, 0.3) is 0 Å². The third-order valence-electron chi connectivity index (χ3n) is 0.847. The number of nitrogens with zero attached hydrogens (tertiary/aromatic N) is 1. The zero-order valence-electron chi connectivity index (χ0n) is 5.37. The lowest BCUT2D eigenvalue weighted by Gasteiger charge is -1.82. The average molecular weight is 191 g/mol. The summed E-state index contributed by atoms with van der Waals surface area (Å²) in [6.07, 6.45) is 3.57. The molecular weight excluding hydrogens is 180 g/mol. The van der Waals surface area contributed by atoms with E-state index in [0.717, 1.165) is 0 Å². The first-order valence-corrected chi connectivity index (χ1v) is 2.26. The van der Waals surface area contributed by atoms with Crippen LogP contribution in [0.5, 0.6) is 0 Å². The minimum absolute atomic E-state index is 0. The smallest absolute Gasteiger partial charge is 0.0270 e. The minimum Gasteiger partial charge on any atom is -0.344 e. The first-order chi connectivity index (χ1) is 3.39. The van der Waals surface area contributed by atoms with Crippen molar-refractivity contribution in [1.29, 1.82) is 0 Å². The Labute approximate surface area is 65.7 Å². The van der Waals surface area contributed by atoms with Crippen LogP contribution in [-0.2, 0) is 0 Å². The molecule has 9 heavy (non-hydrogen) atoms. The molecule has 1 heterocycles. The average Bonchev–Trinajstić information content (AvgIpc) is 1.69. The maximum Gasteiger partial charge on any atom is 0.0270 e. The molecule has 0 spiro atoms. The van der Waals surface area contributed by atoms with Crippen LogP contribution in [0, 0.1) is 6.92 Å². The van der Waals surface area contributed by atoms with E-state index in [-0.39, 0.29) is 23.1 Å². The van der Waals surface area contributed by atoms with Gasteiger partial charge in [0.2, 0.25) is 0 Å². The van der Waals surface area contributed by atoms with Crippen molar-refractivity contribution in [3.63, 3.8) is 0 Å². The van der Waals surface area contributed by atoms with Crippen LogP contribution >= 0.6 is 17.0 Å². The van der Waals surface area contributed by atoms with Gasteiger partial charge < -0.3 is 6.15 Å². The van der Waals surface area contributed by atoms with Crippen LogP contribution in [0.2, 0.25) is 0 Å². The summed E-state index contributed by atoms with van der Waals surface area (Å²) in [7, 11) is 0. The van der Waals surface area contributed by atoms with Gasteiger partial charge in [0.1, 0.15) is 0 Å². The summed E-state index contributed by atoms with van der Waals surface area (Å²) in [4.78, 5) is 3.85. The van der Waals surface area contributed by atoms with E-state index >= 15 is 0 Å². The second kappa shape index (κ2) is 5.72. The second-order valence-electron chi connectivity index (χ2n) is 1.52. The van der Waals surface area contributed by atoms with Gasteiger partial charge in [0.05, 0.1) is 0 Å². The highest BCUT2D eigenvalue weighted by molar-refractivity contribution is 8.93. The van der Waals surface area contributed by atoms with Crippen molar-refractivity contribution < 1.29 is 0 Å². The third kappa shape index (κ3) is 4.12. The van der Waals surface area contributed by atoms with Gasteiger partial charge in [-0.1, -0.05) is 0 Å². The molecule has 0 saturated carbocycles. The molecular formula is C6H11BrN2. The lowest BCUT2D eigenvalue weighted by Crippen LogP contribution is -1.68. The Kier molecular flexibility index (Phi) is 7.24. The van der Waals surface area contributed by atoms with Gasteiger partial charge in [-0.05, 0) is 24.6 Å². The van der Waals surface area contributed by atoms with Crippen LogP contribution < -0.4 is 6.15 Å². The van der Waals surface area contributed by atoms with Gasteiger partial charge in [-0.2, -0.15) is 0 Å². The molecule has 0 bridgehead atoms. The molecule has 3 heteroatoms. The zero-order chi connectivity index (χ0) is 5.11. The molecule has 1 aromatic heterocycles. The molecule has 0 aliphatic heterocycles. The Balaban J connectivity index is 0. The number of hydrogen-bond donors (Lipinski definition) is 1. The van der Waals surface area contributed by atoms with Crippen LogP contribution in [-0.4, -0.2) is 4.98 Å². The topological polar surface area (TPSA) is 47.9 Å². The third-order valence-corrected chi connectivity index (χ3v) is 0.847. The molecule has 0 aliphatic rings. The number of hydrogen-bond acceptors (Lipinski definition) is 2. The molecule has 52 valence electrons. The summed E-state index contributed by atoms with van der Waals surface area (Å²) in [5.41, 5.74) is 1.26. The van der Waals surface area contributed by atoms with E-state index in [4.69, 9.17) is 0 Å². The molecule has 3 N–H and O–H groups in total. The van der Waals surface area contributed by atoms with Crippen molar-refractivity contribution in [2.24, 2.45) is 0 Å². The van der Waals surface area contributed by atoms with E-state index in [1.807, 2.05) is 19.1 Å². The summed E-state index contributed by atoms with van der Waals surface area (Å²) >= 11 is 0. The van der Waals surface area contributed by atoms with E-state index in [1.165, 1.54) is 5.56 Å². The number of aryl methyl sites for hydroxylation is 1. The molecule has 0 radical (unpaired) electrons. The van der Waals surface area contributed by atoms with Crippen molar-refractivity contribution in [3.05, 3.63) is 30.1 Å². The number of rotatable bonds is 0. The fourth-order valence-electron chi connectivity index (χ4n) is 0.426. The van der Waals surface area contributed by atoms with Gasteiger partial charge in [0, 0.05) is 12.4 Å². The van der Waals surface area contributed by atoms with Crippen LogP contribution in [0.15, 0.2) is 24.5 Å². The summed E-state index contributed by atoms with van der Waals surface area (Å²) < 4.78 is 0. The molecule has 0 aromatic carbocycles. The monoisotopic (exact) mass is 190 g/mol. The maximum atomic E-state index is 3.85. The van der Waals surface area contributed by atoms with Crippen molar-refractivity contribution >= 4 is 17.0 Å². The quantitative estimate of drug-likeness (QED) is 0.682. The molecule has 0 amide bonds. The second-order valence-corrected chi connectivity index (χ2v) is 1.52. The minimum atomic E-state index is 0. The molecule has 1 aromatic rings. The number of halogens is 1. The predicted molar refractivity (Wildman–Crippen MR) is 44.3 cm³/mol. The SMILES string of the molecule is Br.Cc1ccncc1.N. The summed E-state index contributed by atoms with van der Waals surface area (Å²) in [6, 6.07) is 3.94. The molecule has 0 aliphatic carbocycles. The molecule has 2 nitrogen and oxygen atoms in total. The van der Waals surface area contributed by atoms with Gasteiger partial charge in [0.15, 0.2) is 0 Å². The van der Waals surface area contributed by atoms with Gasteiger partial charge in [-0.3, -0.25) is 4.98 Å². The van der Waals surface area contributed by atoms with E-state index in [1.54, 1.807) is 12.4 Å². The first-order valence-electron chi connectivity index (χ1n) is 2.26. The normalized spacial score (nSPS) is 6.78. The number of pyridine rings is 1. The molecule has 0 unspecified atom stereocenters. The Morgan fingerprint density at radius 2 is 1.67 bits per heavy atom. The summed E-state index contributed by atoms with van der Waals surface area (Å²) in [5.74, 6) is 0. The van der Waals surface area contributed by atoms with E-state index < -0.39 is 0 Å². The Hall–Kier alpha value is -0.410. The van der Waals surface area contributed by atoms with Gasteiger partial charge in [-0.25, -0.2) is 0 Å². The predicted octanol–water partition coefficient (Wildman–Crippen LogP) is 2.13. The van der Waals surface area contributed by atoms with Crippen LogP contribution in [0.25, 0.3) is 0 Å². The highest BCUT2D eigenvalue weighted by Crippen LogP contribution is 1.88. The van der Waals surface area contributed by atoms with E-state index in [2.05, 4.69) is 4.98 Å². The molecule has 1 rings (SSSR count). The summed E-state index contributed by atoms with van der Waals surface area (Å²) in [6.45, 7) is 2.04. The van der Waals surface area contributed by atoms with E-state index in [9.17, 15) is 0 Å². The fourth-order valence-corrected chi connectivity index (χ4v) is 0.426. The van der Waals surface area contributed by atoms with Gasteiger partial charge >= 0.3 is 0 Å². The summed E-state index contributed by atoms with van der Waals surface area (Å²) in [5, 5.41) is 0. The van der Waals surface area contributed by atoms with Crippen LogP contribution in [0.3, 0.4) is 0 Å². The van der Waals surface area contributed by atoms with Crippen LogP contribution in [0.1, 0.15) is 5.56 Å². The fraction of sp³-hybridized carbons (Fsp3) is 0.167. The van der Waals surface area contributed by atoms with Crippen molar-refractivity contribution in [2.45, 2.75) is 6.92 Å². The maximum absolute atomic E-state index is 3.85. The first kappa shape index (κ1) is 11.4. The van der Waals surface area contributed by atoms with Crippen LogP contribution in [0.4, 0.5) is 0 Å². The largest absolute Gasteiger partial charge is 0.344 e. The Morgan fingerprint density at radius 1 is 1.22 bits per heavy atom. The lowest BCUT2D eigenvalue weighted by atomic mass is 10.3. The Bertz CT molecular complexity index is 141. The molecule has 0 atom stereocenters. The highest BCUT2D eigenvalue weighted by Gasteiger charge is 1.72. The van der Waals surface area contributed by atoms with E-state index in [0.29, 0.717) is 0 Å². The number of aromatic nitrogens is 1. The van der Waals surface area contributed by atoms with Crippen molar-refractivity contribution in [1.82, 2.24) is 11.1 Å². The molecule has 0 saturated heterocycles. The molecule has 0 fully saturated rings. The zero-order valence-corrected chi connectivity index (χ0v) is 7.09. The van der Waals surface area contributed by atoms with Gasteiger partial charge in [-0.15, -0.1) is 17.0 Å². The Morgan fingerprint density at radius 3 is 1.89 bits per heavy atom. The standard InChI is InChI=1S/C6H7N.BrH.H3N/c1-6-2-4-7-5-3-6;;/h2-5H,1H3;1H;1H3. The van der Waals surface area contributed by atoms with Crippen molar-refractivity contribution in [2.75, 3.05) is 0 Å².